The maximum atomic E-state index is 13.1. The fraction of sp³-hybridized carbons (Fsp3) is 0.885. The minimum atomic E-state index is -0.474. The summed E-state index contributed by atoms with van der Waals surface area (Å²) in [5.41, 5.74) is -1.28. The highest BCUT2D eigenvalue weighted by molar-refractivity contribution is 5.90. The van der Waals surface area contributed by atoms with Gasteiger partial charge in [0.25, 0.3) is 0 Å². The van der Waals surface area contributed by atoms with Crippen molar-refractivity contribution in [1.29, 1.82) is 0 Å². The molecular formula is C26H49N3O3. The number of nitrogens with zero attached hydrogens (tertiary/aromatic N) is 1. The highest BCUT2D eigenvalue weighted by Gasteiger charge is 2.45. The Balaban J connectivity index is 2.84. The monoisotopic (exact) mass is 451 g/mol. The van der Waals surface area contributed by atoms with Gasteiger partial charge >= 0.3 is 0 Å². The first-order chi connectivity index (χ1) is 14.1. The quantitative estimate of drug-likeness (QED) is 0.609. The van der Waals surface area contributed by atoms with Crippen LogP contribution in [0.5, 0.6) is 0 Å². The number of carbonyl (C=O) groups excluding carboxylic acids is 3. The normalized spacial score (nSPS) is 22.0. The minimum Gasteiger partial charge on any atom is -0.352 e. The number of amides is 1. The molecule has 0 saturated carbocycles. The van der Waals surface area contributed by atoms with Gasteiger partial charge in [-0.25, -0.2) is 0 Å². The average molecular weight is 452 g/mol. The molecule has 0 radical (unpaired) electrons. The second-order valence-corrected chi connectivity index (χ2v) is 13.6. The molecule has 0 spiro atoms. The molecular weight excluding hydrogens is 402 g/mol. The van der Waals surface area contributed by atoms with Gasteiger partial charge in [-0.15, -0.1) is 0 Å². The summed E-state index contributed by atoms with van der Waals surface area (Å²) in [6.07, 6.45) is 1.36. The van der Waals surface area contributed by atoms with Crippen LogP contribution in [0.1, 0.15) is 102 Å². The van der Waals surface area contributed by atoms with E-state index >= 15 is 0 Å². The second kappa shape index (κ2) is 9.92. The molecule has 1 aliphatic heterocycles. The lowest BCUT2D eigenvalue weighted by Crippen LogP contribution is -2.51. The van der Waals surface area contributed by atoms with Gasteiger partial charge in [-0.2, -0.15) is 0 Å². The molecule has 2 N–H and O–H groups in total. The summed E-state index contributed by atoms with van der Waals surface area (Å²) in [6.45, 7) is 24.7. The van der Waals surface area contributed by atoms with Crippen LogP contribution in [0.2, 0.25) is 0 Å². The maximum absolute atomic E-state index is 13.1. The van der Waals surface area contributed by atoms with Gasteiger partial charge in [-0.1, -0.05) is 41.5 Å². The van der Waals surface area contributed by atoms with Crippen molar-refractivity contribution in [2.45, 2.75) is 132 Å². The van der Waals surface area contributed by atoms with E-state index in [1.807, 2.05) is 62.3 Å². The lowest BCUT2D eigenvalue weighted by atomic mass is 9.84. The molecule has 6 heteroatoms. The SMILES string of the molecule is CC(C)(C)NC(CCC(=O)NC1CC(C(=O)C(C)(C)C)N(C(C)(C)C)C1)C(=O)C(C)(C)C. The third-order valence-electron chi connectivity index (χ3n) is 5.89. The Morgan fingerprint density at radius 2 is 1.41 bits per heavy atom. The standard InChI is InChI=1S/C26H49N3O3/c1-23(2,3)21(31)18(28-25(7,8)9)13-14-20(30)27-17-15-19(22(32)24(4,5)6)29(16-17)26(10,11)12/h17-19,28H,13-16H2,1-12H3,(H,27,30). The van der Waals surface area contributed by atoms with Gasteiger partial charge < -0.3 is 10.6 Å². The lowest BCUT2D eigenvalue weighted by molar-refractivity contribution is -0.132. The fourth-order valence-electron chi connectivity index (χ4n) is 4.32. The van der Waals surface area contributed by atoms with Crippen LogP contribution < -0.4 is 10.6 Å². The van der Waals surface area contributed by atoms with E-state index in [1.54, 1.807) is 0 Å². The van der Waals surface area contributed by atoms with Crippen LogP contribution in [0.25, 0.3) is 0 Å². The van der Waals surface area contributed by atoms with Crippen LogP contribution in [-0.4, -0.2) is 58.1 Å². The van der Waals surface area contributed by atoms with Crippen molar-refractivity contribution in [3.63, 3.8) is 0 Å². The van der Waals surface area contributed by atoms with E-state index in [0.717, 1.165) is 0 Å². The van der Waals surface area contributed by atoms with Crippen LogP contribution in [0.15, 0.2) is 0 Å². The Morgan fingerprint density at radius 3 is 1.81 bits per heavy atom. The van der Waals surface area contributed by atoms with Crippen LogP contribution >= 0.6 is 0 Å². The molecule has 1 heterocycles. The Morgan fingerprint density at radius 1 is 0.875 bits per heavy atom. The lowest BCUT2D eigenvalue weighted by Gasteiger charge is -2.38. The average Bonchev–Trinajstić information content (AvgIpc) is 2.98. The van der Waals surface area contributed by atoms with Gasteiger partial charge in [0.15, 0.2) is 11.6 Å². The summed E-state index contributed by atoms with van der Waals surface area (Å²) in [5.74, 6) is 0.278. The van der Waals surface area contributed by atoms with Gasteiger partial charge in [0.1, 0.15) is 0 Å². The molecule has 6 nitrogen and oxygen atoms in total. The summed E-state index contributed by atoms with van der Waals surface area (Å²) < 4.78 is 0. The molecule has 0 aromatic heterocycles. The number of Topliss-reactive ketones (excluding diaryl/α,β-unsaturated/α-hetero) is 2. The third kappa shape index (κ3) is 8.58. The van der Waals surface area contributed by atoms with Crippen molar-refractivity contribution in [3.05, 3.63) is 0 Å². The molecule has 3 atom stereocenters. The van der Waals surface area contributed by atoms with Gasteiger partial charge in [0.2, 0.25) is 5.91 Å². The largest absolute Gasteiger partial charge is 0.352 e. The molecule has 1 aliphatic rings. The number of rotatable bonds is 7. The Bertz CT molecular complexity index is 687. The van der Waals surface area contributed by atoms with Gasteiger partial charge in [-0.05, 0) is 54.4 Å². The number of hydrogen-bond donors (Lipinski definition) is 2. The van der Waals surface area contributed by atoms with E-state index in [1.165, 1.54) is 0 Å². The number of likely N-dealkylation sites (tertiary alicyclic amines) is 1. The molecule has 1 fully saturated rings. The molecule has 1 amide bonds. The summed E-state index contributed by atoms with van der Waals surface area (Å²) in [4.78, 5) is 41.0. The molecule has 0 aromatic rings. The summed E-state index contributed by atoms with van der Waals surface area (Å²) in [7, 11) is 0. The first-order valence-electron chi connectivity index (χ1n) is 12.1. The molecule has 32 heavy (non-hydrogen) atoms. The third-order valence-corrected chi connectivity index (χ3v) is 5.89. The zero-order chi connectivity index (χ0) is 25.3. The van der Waals surface area contributed by atoms with Gasteiger partial charge in [0.05, 0.1) is 12.1 Å². The van der Waals surface area contributed by atoms with E-state index in [2.05, 4.69) is 36.3 Å². The second-order valence-electron chi connectivity index (χ2n) is 13.6. The highest BCUT2D eigenvalue weighted by Crippen LogP contribution is 2.32. The van der Waals surface area contributed by atoms with Crippen LogP contribution in [0.4, 0.5) is 0 Å². The van der Waals surface area contributed by atoms with E-state index < -0.39 is 10.8 Å². The smallest absolute Gasteiger partial charge is 0.220 e. The molecule has 1 saturated heterocycles. The van der Waals surface area contributed by atoms with E-state index in [4.69, 9.17) is 0 Å². The Hall–Kier alpha value is -1.27. The van der Waals surface area contributed by atoms with E-state index in [9.17, 15) is 14.4 Å². The Kier molecular flexibility index (Phi) is 8.92. The summed E-state index contributed by atoms with van der Waals surface area (Å²) in [5, 5.41) is 6.54. The van der Waals surface area contributed by atoms with Crippen LogP contribution in [0.3, 0.4) is 0 Å². The number of hydrogen-bond acceptors (Lipinski definition) is 5. The zero-order valence-electron chi connectivity index (χ0n) is 22.7. The van der Waals surface area contributed by atoms with E-state index in [-0.39, 0.29) is 53.1 Å². The predicted octanol–water partition coefficient (Wildman–Crippen LogP) is 4.11. The molecule has 0 aromatic carbocycles. The molecule has 0 aliphatic carbocycles. The van der Waals surface area contributed by atoms with Gasteiger partial charge in [-0.3, -0.25) is 19.3 Å². The van der Waals surface area contributed by atoms with Crippen molar-refractivity contribution < 1.29 is 14.4 Å². The summed E-state index contributed by atoms with van der Waals surface area (Å²) in [6, 6.07) is -0.630. The van der Waals surface area contributed by atoms with Crippen LogP contribution in [-0.2, 0) is 14.4 Å². The molecule has 1 rings (SSSR count). The van der Waals surface area contributed by atoms with Crippen molar-refractivity contribution in [2.24, 2.45) is 10.8 Å². The zero-order valence-corrected chi connectivity index (χ0v) is 22.7. The highest BCUT2D eigenvalue weighted by atomic mass is 16.2. The molecule has 186 valence electrons. The number of carbonyl (C=O) groups is 3. The van der Waals surface area contributed by atoms with E-state index in [0.29, 0.717) is 19.4 Å². The maximum Gasteiger partial charge on any atom is 0.220 e. The van der Waals surface area contributed by atoms with Gasteiger partial charge in [0, 0.05) is 40.9 Å². The summed E-state index contributed by atoms with van der Waals surface area (Å²) >= 11 is 0. The Labute approximate surface area is 196 Å². The minimum absolute atomic E-state index is 0.0601. The fourth-order valence-corrected chi connectivity index (χ4v) is 4.32. The molecule has 0 bridgehead atoms. The molecule has 3 unspecified atom stereocenters. The van der Waals surface area contributed by atoms with Crippen LogP contribution in [0, 0.1) is 10.8 Å². The van der Waals surface area contributed by atoms with Crippen molar-refractivity contribution >= 4 is 17.5 Å². The van der Waals surface area contributed by atoms with Crippen molar-refractivity contribution in [2.75, 3.05) is 6.54 Å². The first-order valence-corrected chi connectivity index (χ1v) is 12.1. The number of nitrogens with one attached hydrogen (secondary N) is 2. The predicted molar refractivity (Wildman–Crippen MR) is 132 cm³/mol. The topological polar surface area (TPSA) is 78.5 Å². The van der Waals surface area contributed by atoms with Crippen molar-refractivity contribution in [1.82, 2.24) is 15.5 Å². The van der Waals surface area contributed by atoms with Crippen molar-refractivity contribution in [3.8, 4) is 0 Å². The first kappa shape index (κ1) is 28.8. The number of ketones is 2.